The summed E-state index contributed by atoms with van der Waals surface area (Å²) in [6.07, 6.45) is -5.32. The van der Waals surface area contributed by atoms with E-state index < -0.39 is 18.6 Å². The predicted molar refractivity (Wildman–Crippen MR) is 62.3 cm³/mol. The molecule has 1 heterocycles. The van der Waals surface area contributed by atoms with E-state index in [0.717, 1.165) is 0 Å². The van der Waals surface area contributed by atoms with Crippen LogP contribution in [0.5, 0.6) is 11.5 Å². The summed E-state index contributed by atoms with van der Waals surface area (Å²) >= 11 is 0. The molecule has 0 amide bonds. The number of nitrogens with two attached hydrogens (primary N) is 1. The van der Waals surface area contributed by atoms with Gasteiger partial charge in [-0.05, 0) is 17.7 Å². The predicted octanol–water partition coefficient (Wildman–Crippen LogP) is 2.83. The van der Waals surface area contributed by atoms with Crippen molar-refractivity contribution in [3.63, 3.8) is 0 Å². The Hall–Kier alpha value is -1.14. The minimum Gasteiger partial charge on any atom is -0.486 e. The van der Waals surface area contributed by atoms with Gasteiger partial charge >= 0.3 is 6.18 Å². The number of hydrogen-bond acceptors (Lipinski definition) is 3. The van der Waals surface area contributed by atoms with Gasteiger partial charge in [-0.2, -0.15) is 13.2 Å². The Bertz CT molecular complexity index is 412. The largest absolute Gasteiger partial charge is 0.486 e. The summed E-state index contributed by atoms with van der Waals surface area (Å²) in [6.45, 7) is 0.839. The molecule has 1 aliphatic rings. The van der Waals surface area contributed by atoms with Gasteiger partial charge in [0.2, 0.25) is 0 Å². The molecule has 0 bridgehead atoms. The second-order valence-electron chi connectivity index (χ2n) is 3.83. The van der Waals surface area contributed by atoms with Gasteiger partial charge in [-0.25, -0.2) is 0 Å². The summed E-state index contributed by atoms with van der Waals surface area (Å²) in [7, 11) is 0. The number of ether oxygens (including phenoxy) is 2. The first-order valence-electron chi connectivity index (χ1n) is 5.17. The third-order valence-corrected chi connectivity index (χ3v) is 2.45. The van der Waals surface area contributed by atoms with E-state index in [1.54, 1.807) is 6.07 Å². The second kappa shape index (κ2) is 5.67. The topological polar surface area (TPSA) is 44.5 Å². The summed E-state index contributed by atoms with van der Waals surface area (Å²) in [5.41, 5.74) is 5.89. The average Bonchev–Trinajstić information content (AvgIpc) is 2.26. The molecule has 0 saturated carbocycles. The summed E-state index contributed by atoms with van der Waals surface area (Å²) in [5, 5.41) is 0. The molecule has 1 atom stereocenters. The summed E-state index contributed by atoms with van der Waals surface area (Å²) in [4.78, 5) is 0. The van der Waals surface area contributed by atoms with Crippen molar-refractivity contribution in [2.75, 3.05) is 13.2 Å². The molecule has 18 heavy (non-hydrogen) atoms. The molecule has 1 aliphatic heterocycles. The molecule has 1 aromatic rings. The van der Waals surface area contributed by atoms with Crippen LogP contribution < -0.4 is 15.2 Å². The van der Waals surface area contributed by atoms with Crippen LogP contribution in [0.25, 0.3) is 0 Å². The van der Waals surface area contributed by atoms with E-state index in [-0.39, 0.29) is 12.4 Å². The average molecular weight is 284 g/mol. The third kappa shape index (κ3) is 3.68. The van der Waals surface area contributed by atoms with Gasteiger partial charge in [-0.15, -0.1) is 12.4 Å². The molecule has 0 aliphatic carbocycles. The van der Waals surface area contributed by atoms with Gasteiger partial charge in [-0.1, -0.05) is 6.07 Å². The van der Waals surface area contributed by atoms with Crippen LogP contribution in [-0.4, -0.2) is 19.4 Å². The van der Waals surface area contributed by atoms with Crippen LogP contribution in [-0.2, 0) is 0 Å². The van der Waals surface area contributed by atoms with Gasteiger partial charge in [0, 0.05) is 6.04 Å². The molecule has 2 N–H and O–H groups in total. The number of fused-ring (bicyclic) bond motifs is 1. The van der Waals surface area contributed by atoms with Crippen LogP contribution >= 0.6 is 12.4 Å². The maximum Gasteiger partial charge on any atom is 0.390 e. The number of rotatable bonds is 2. The van der Waals surface area contributed by atoms with Crippen molar-refractivity contribution in [2.24, 2.45) is 5.73 Å². The van der Waals surface area contributed by atoms with E-state index in [1.165, 1.54) is 12.1 Å². The van der Waals surface area contributed by atoms with Crippen LogP contribution in [0.15, 0.2) is 18.2 Å². The van der Waals surface area contributed by atoms with Crippen LogP contribution in [0, 0.1) is 0 Å². The fraction of sp³-hybridized carbons (Fsp3) is 0.455. The zero-order valence-corrected chi connectivity index (χ0v) is 10.2. The van der Waals surface area contributed by atoms with Gasteiger partial charge in [0.15, 0.2) is 11.5 Å². The lowest BCUT2D eigenvalue weighted by atomic mass is 10.0. The van der Waals surface area contributed by atoms with E-state index in [9.17, 15) is 13.2 Å². The van der Waals surface area contributed by atoms with E-state index in [2.05, 4.69) is 0 Å². The van der Waals surface area contributed by atoms with Crippen molar-refractivity contribution in [1.82, 2.24) is 0 Å². The molecular formula is C11H13ClF3NO2. The second-order valence-corrected chi connectivity index (χ2v) is 3.83. The van der Waals surface area contributed by atoms with Gasteiger partial charge in [0.1, 0.15) is 13.2 Å². The molecule has 7 heteroatoms. The van der Waals surface area contributed by atoms with E-state index in [1.807, 2.05) is 0 Å². The third-order valence-electron chi connectivity index (χ3n) is 2.45. The van der Waals surface area contributed by atoms with Crippen molar-refractivity contribution in [1.29, 1.82) is 0 Å². The van der Waals surface area contributed by atoms with E-state index in [4.69, 9.17) is 15.2 Å². The zero-order valence-electron chi connectivity index (χ0n) is 9.37. The molecule has 2 rings (SSSR count). The number of halogens is 4. The Balaban J connectivity index is 0.00000162. The maximum absolute atomic E-state index is 12.2. The smallest absolute Gasteiger partial charge is 0.390 e. The molecule has 0 spiro atoms. The molecule has 0 saturated heterocycles. The molecule has 0 aromatic heterocycles. The Morgan fingerprint density at radius 3 is 2.39 bits per heavy atom. The van der Waals surface area contributed by atoms with Crippen LogP contribution in [0.4, 0.5) is 13.2 Å². The highest BCUT2D eigenvalue weighted by atomic mass is 35.5. The normalized spacial score (nSPS) is 15.8. The number of benzene rings is 1. The minimum absolute atomic E-state index is 0. The van der Waals surface area contributed by atoms with E-state index in [0.29, 0.717) is 30.3 Å². The first-order valence-corrected chi connectivity index (χ1v) is 5.17. The SMILES string of the molecule is Cl.N[C@H](CC(F)(F)F)c1ccc2c(c1)OCCO2. The molecule has 102 valence electrons. The highest BCUT2D eigenvalue weighted by Crippen LogP contribution is 2.34. The highest BCUT2D eigenvalue weighted by Gasteiger charge is 2.31. The Kier molecular flexibility index (Phi) is 4.70. The lowest BCUT2D eigenvalue weighted by Gasteiger charge is -2.21. The summed E-state index contributed by atoms with van der Waals surface area (Å²) in [5.74, 6) is 0.991. The first-order chi connectivity index (χ1) is 7.96. The van der Waals surface area contributed by atoms with Gasteiger partial charge < -0.3 is 15.2 Å². The lowest BCUT2D eigenvalue weighted by Crippen LogP contribution is -2.21. The maximum atomic E-state index is 12.2. The molecule has 1 aromatic carbocycles. The van der Waals surface area contributed by atoms with Gasteiger partial charge in [0.05, 0.1) is 6.42 Å². The van der Waals surface area contributed by atoms with Crippen molar-refractivity contribution in [3.05, 3.63) is 23.8 Å². The van der Waals surface area contributed by atoms with Crippen molar-refractivity contribution in [2.45, 2.75) is 18.6 Å². The molecule has 0 fully saturated rings. The minimum atomic E-state index is -4.27. The van der Waals surface area contributed by atoms with Gasteiger partial charge in [0.25, 0.3) is 0 Å². The highest BCUT2D eigenvalue weighted by molar-refractivity contribution is 5.85. The van der Waals surface area contributed by atoms with Gasteiger partial charge in [-0.3, -0.25) is 0 Å². The zero-order chi connectivity index (χ0) is 12.5. The van der Waals surface area contributed by atoms with Crippen molar-refractivity contribution >= 4 is 12.4 Å². The lowest BCUT2D eigenvalue weighted by molar-refractivity contribution is -0.138. The Morgan fingerprint density at radius 1 is 1.17 bits per heavy atom. The fourth-order valence-corrected chi connectivity index (χ4v) is 1.66. The monoisotopic (exact) mass is 283 g/mol. The van der Waals surface area contributed by atoms with Crippen LogP contribution in [0.2, 0.25) is 0 Å². The number of hydrogen-bond donors (Lipinski definition) is 1. The molecule has 0 unspecified atom stereocenters. The van der Waals surface area contributed by atoms with Crippen LogP contribution in [0.1, 0.15) is 18.0 Å². The summed E-state index contributed by atoms with van der Waals surface area (Å²) in [6, 6.07) is 3.54. The molecule has 3 nitrogen and oxygen atoms in total. The molecular weight excluding hydrogens is 271 g/mol. The van der Waals surface area contributed by atoms with Crippen molar-refractivity contribution in [3.8, 4) is 11.5 Å². The van der Waals surface area contributed by atoms with Crippen molar-refractivity contribution < 1.29 is 22.6 Å². The summed E-state index contributed by atoms with van der Waals surface area (Å²) < 4.78 is 47.1. The van der Waals surface area contributed by atoms with Crippen LogP contribution in [0.3, 0.4) is 0 Å². The Morgan fingerprint density at radius 2 is 1.78 bits per heavy atom. The Labute approximate surface area is 108 Å². The number of alkyl halides is 3. The first kappa shape index (κ1) is 14.9. The molecule has 0 radical (unpaired) electrons. The van der Waals surface area contributed by atoms with E-state index >= 15 is 0 Å². The fourth-order valence-electron chi connectivity index (χ4n) is 1.66. The quantitative estimate of drug-likeness (QED) is 0.908. The standard InChI is InChI=1S/C11H12F3NO2.ClH/c12-11(13,14)6-8(15)7-1-2-9-10(5-7)17-4-3-16-9;/h1-2,5,8H,3-4,6,15H2;1H/t8-;/m1./s1.